The number of rotatable bonds is 4. The zero-order valence-corrected chi connectivity index (χ0v) is 16.2. The van der Waals surface area contributed by atoms with Crippen LogP contribution in [0.15, 0.2) is 48.2 Å². The number of aryl methyl sites for hydroxylation is 1. The summed E-state index contributed by atoms with van der Waals surface area (Å²) in [6.45, 7) is 5.51. The molecule has 26 heavy (non-hydrogen) atoms. The van der Waals surface area contributed by atoms with Gasteiger partial charge in [-0.1, -0.05) is 35.3 Å². The van der Waals surface area contributed by atoms with E-state index in [0.717, 1.165) is 11.3 Å². The van der Waals surface area contributed by atoms with Gasteiger partial charge in [0.05, 0.1) is 5.57 Å². The second-order valence-electron chi connectivity index (χ2n) is 6.42. The number of imide groups is 1. The van der Waals surface area contributed by atoms with Crippen molar-refractivity contribution in [2.45, 2.75) is 26.8 Å². The standard InChI is InChI=1S/C20H18Cl2N2O2/c1-11(2)24-19(25)17(13-4-6-14(21)7-5-13)18(20(24)26)23-16-9-8-15(22)10-12(16)3/h4-11,23H,1-3H3. The molecular formula is C20H18Cl2N2O2. The molecule has 0 aliphatic carbocycles. The maximum atomic E-state index is 12.9. The smallest absolute Gasteiger partial charge is 0.278 e. The molecule has 4 nitrogen and oxygen atoms in total. The van der Waals surface area contributed by atoms with Crippen molar-refractivity contribution in [3.05, 3.63) is 69.3 Å². The molecule has 0 saturated carbocycles. The van der Waals surface area contributed by atoms with Crippen molar-refractivity contribution in [3.8, 4) is 0 Å². The summed E-state index contributed by atoms with van der Waals surface area (Å²) < 4.78 is 0. The van der Waals surface area contributed by atoms with Crippen LogP contribution in [0.2, 0.25) is 10.0 Å². The number of nitrogens with one attached hydrogen (secondary N) is 1. The van der Waals surface area contributed by atoms with Gasteiger partial charge in [-0.05, 0) is 62.2 Å². The zero-order valence-electron chi connectivity index (χ0n) is 14.6. The minimum atomic E-state index is -0.343. The van der Waals surface area contributed by atoms with Gasteiger partial charge >= 0.3 is 0 Å². The van der Waals surface area contributed by atoms with Crippen LogP contribution in [0.5, 0.6) is 0 Å². The zero-order chi connectivity index (χ0) is 19.0. The van der Waals surface area contributed by atoms with Crippen LogP contribution in [0.25, 0.3) is 5.57 Å². The summed E-state index contributed by atoms with van der Waals surface area (Å²) >= 11 is 12.0. The van der Waals surface area contributed by atoms with Gasteiger partial charge in [0, 0.05) is 21.8 Å². The van der Waals surface area contributed by atoms with Crippen LogP contribution >= 0.6 is 23.2 Å². The highest BCUT2D eigenvalue weighted by atomic mass is 35.5. The van der Waals surface area contributed by atoms with Gasteiger partial charge in [-0.3, -0.25) is 14.5 Å². The molecule has 0 bridgehead atoms. The van der Waals surface area contributed by atoms with Crippen molar-refractivity contribution >= 4 is 46.3 Å². The number of hydrogen-bond donors (Lipinski definition) is 1. The Kier molecular flexibility index (Phi) is 5.08. The maximum absolute atomic E-state index is 12.9. The molecule has 1 aliphatic rings. The van der Waals surface area contributed by atoms with E-state index in [9.17, 15) is 9.59 Å². The van der Waals surface area contributed by atoms with Gasteiger partial charge in [0.1, 0.15) is 5.70 Å². The quantitative estimate of drug-likeness (QED) is 0.757. The number of amides is 2. The summed E-state index contributed by atoms with van der Waals surface area (Å²) in [7, 11) is 0. The first-order chi connectivity index (χ1) is 12.3. The van der Waals surface area contributed by atoms with Crippen LogP contribution in [0.3, 0.4) is 0 Å². The number of anilines is 1. The van der Waals surface area contributed by atoms with E-state index < -0.39 is 0 Å². The number of halogens is 2. The lowest BCUT2D eigenvalue weighted by Gasteiger charge is -2.19. The van der Waals surface area contributed by atoms with Gasteiger partial charge in [0.25, 0.3) is 11.8 Å². The summed E-state index contributed by atoms with van der Waals surface area (Å²) in [6.07, 6.45) is 0. The Bertz CT molecular complexity index is 918. The number of carbonyl (C=O) groups is 2. The van der Waals surface area contributed by atoms with Crippen molar-refractivity contribution in [2.24, 2.45) is 0 Å². The third-order valence-corrected chi connectivity index (χ3v) is 4.70. The fraction of sp³-hybridized carbons (Fsp3) is 0.200. The van der Waals surface area contributed by atoms with Crippen molar-refractivity contribution < 1.29 is 9.59 Å². The van der Waals surface area contributed by atoms with Crippen LogP contribution in [-0.2, 0) is 9.59 Å². The van der Waals surface area contributed by atoms with Gasteiger partial charge in [-0.15, -0.1) is 0 Å². The topological polar surface area (TPSA) is 49.4 Å². The van der Waals surface area contributed by atoms with Gasteiger partial charge in [0.15, 0.2) is 0 Å². The third kappa shape index (κ3) is 3.35. The average Bonchev–Trinajstić information content (AvgIpc) is 2.81. The summed E-state index contributed by atoms with van der Waals surface area (Å²) in [5.74, 6) is -0.661. The fourth-order valence-electron chi connectivity index (χ4n) is 2.92. The first kappa shape index (κ1) is 18.5. The summed E-state index contributed by atoms with van der Waals surface area (Å²) in [5.41, 5.74) is 2.85. The Balaban J connectivity index is 2.12. The first-order valence-electron chi connectivity index (χ1n) is 8.21. The average molecular weight is 389 g/mol. The summed E-state index contributed by atoms with van der Waals surface area (Å²) in [5, 5.41) is 4.31. The molecule has 6 heteroatoms. The normalized spacial score (nSPS) is 14.6. The van der Waals surface area contributed by atoms with Crippen LogP contribution in [0.4, 0.5) is 5.69 Å². The number of benzene rings is 2. The first-order valence-corrected chi connectivity index (χ1v) is 8.96. The van der Waals surface area contributed by atoms with Crippen LogP contribution in [-0.4, -0.2) is 22.8 Å². The summed E-state index contributed by atoms with van der Waals surface area (Å²) in [6, 6.07) is 12.0. The number of carbonyl (C=O) groups excluding carboxylic acids is 2. The second-order valence-corrected chi connectivity index (χ2v) is 7.29. The third-order valence-electron chi connectivity index (χ3n) is 4.21. The molecule has 3 rings (SSSR count). The second kappa shape index (κ2) is 7.14. The largest absolute Gasteiger partial charge is 0.350 e. The fourth-order valence-corrected chi connectivity index (χ4v) is 3.27. The molecule has 0 radical (unpaired) electrons. The predicted molar refractivity (Wildman–Crippen MR) is 105 cm³/mol. The lowest BCUT2D eigenvalue weighted by Crippen LogP contribution is -2.38. The van der Waals surface area contributed by atoms with E-state index in [1.165, 1.54) is 4.90 Å². The Morgan fingerprint density at radius 1 is 0.923 bits per heavy atom. The minimum absolute atomic E-state index is 0.247. The number of nitrogens with zero attached hydrogens (tertiary/aromatic N) is 1. The molecule has 1 heterocycles. The van der Waals surface area contributed by atoms with Crippen LogP contribution < -0.4 is 5.32 Å². The Hall–Kier alpha value is -2.30. The molecule has 2 aromatic carbocycles. The lowest BCUT2D eigenvalue weighted by atomic mass is 10.0. The molecule has 0 aromatic heterocycles. The Morgan fingerprint density at radius 2 is 1.54 bits per heavy atom. The molecule has 1 N–H and O–H groups in total. The monoisotopic (exact) mass is 388 g/mol. The van der Waals surface area contributed by atoms with Gasteiger partial charge in [-0.2, -0.15) is 0 Å². The molecule has 134 valence electrons. The molecule has 1 aliphatic heterocycles. The molecule has 0 fully saturated rings. The molecular weight excluding hydrogens is 371 g/mol. The summed E-state index contributed by atoms with van der Waals surface area (Å²) in [4.78, 5) is 27.1. The van der Waals surface area contributed by atoms with E-state index in [-0.39, 0.29) is 23.6 Å². The Labute approximate surface area is 162 Å². The van der Waals surface area contributed by atoms with E-state index in [0.29, 0.717) is 21.2 Å². The Morgan fingerprint density at radius 3 is 2.12 bits per heavy atom. The SMILES string of the molecule is Cc1cc(Cl)ccc1NC1=C(c2ccc(Cl)cc2)C(=O)N(C(C)C)C1=O. The van der Waals surface area contributed by atoms with E-state index in [4.69, 9.17) is 23.2 Å². The van der Waals surface area contributed by atoms with E-state index in [1.807, 2.05) is 20.8 Å². The van der Waals surface area contributed by atoms with Crippen molar-refractivity contribution in [2.75, 3.05) is 5.32 Å². The van der Waals surface area contributed by atoms with Crippen LogP contribution in [0, 0.1) is 6.92 Å². The van der Waals surface area contributed by atoms with Crippen molar-refractivity contribution in [3.63, 3.8) is 0 Å². The molecule has 0 atom stereocenters. The van der Waals surface area contributed by atoms with E-state index in [2.05, 4.69) is 5.32 Å². The van der Waals surface area contributed by atoms with Crippen LogP contribution in [0.1, 0.15) is 25.0 Å². The molecule has 0 spiro atoms. The maximum Gasteiger partial charge on any atom is 0.278 e. The van der Waals surface area contributed by atoms with Crippen molar-refractivity contribution in [1.82, 2.24) is 4.90 Å². The van der Waals surface area contributed by atoms with Gasteiger partial charge in [-0.25, -0.2) is 0 Å². The van der Waals surface area contributed by atoms with Gasteiger partial charge in [0.2, 0.25) is 0 Å². The molecule has 2 amide bonds. The minimum Gasteiger partial charge on any atom is -0.350 e. The predicted octanol–water partition coefficient (Wildman–Crippen LogP) is 4.90. The highest BCUT2D eigenvalue weighted by Crippen LogP contribution is 2.33. The molecule has 0 saturated heterocycles. The highest BCUT2D eigenvalue weighted by molar-refractivity contribution is 6.37. The molecule has 2 aromatic rings. The lowest BCUT2D eigenvalue weighted by molar-refractivity contribution is -0.138. The van der Waals surface area contributed by atoms with Crippen molar-refractivity contribution in [1.29, 1.82) is 0 Å². The highest BCUT2D eigenvalue weighted by Gasteiger charge is 2.40. The number of hydrogen-bond acceptors (Lipinski definition) is 3. The van der Waals surface area contributed by atoms with E-state index in [1.54, 1.807) is 42.5 Å². The van der Waals surface area contributed by atoms with Gasteiger partial charge < -0.3 is 5.32 Å². The van der Waals surface area contributed by atoms with E-state index >= 15 is 0 Å². The molecule has 0 unspecified atom stereocenters.